The molecule has 0 bridgehead atoms. The van der Waals surface area contributed by atoms with E-state index in [-0.39, 0.29) is 11.4 Å². The fraction of sp³-hybridized carbons (Fsp3) is 0.0833. The molecule has 0 aliphatic heterocycles. The first-order valence-electron chi connectivity index (χ1n) is 9.23. The summed E-state index contributed by atoms with van der Waals surface area (Å²) in [5.41, 5.74) is 2.37. The quantitative estimate of drug-likeness (QED) is 0.367. The van der Waals surface area contributed by atoms with E-state index in [4.69, 9.17) is 0 Å². The molecule has 0 aliphatic rings. The number of amides is 2. The van der Waals surface area contributed by atoms with Crippen molar-refractivity contribution in [3.05, 3.63) is 113 Å². The van der Waals surface area contributed by atoms with Crippen LogP contribution in [0, 0.1) is 5.82 Å². The van der Waals surface area contributed by atoms with Gasteiger partial charge in [0, 0.05) is 13.1 Å². The van der Waals surface area contributed by atoms with Crippen LogP contribution in [-0.4, -0.2) is 11.8 Å². The van der Waals surface area contributed by atoms with Crippen LogP contribution in [0.5, 0.6) is 0 Å². The number of rotatable bonds is 7. The summed E-state index contributed by atoms with van der Waals surface area (Å²) in [7, 11) is 0. The summed E-state index contributed by atoms with van der Waals surface area (Å²) in [6, 6.07) is 24.5. The van der Waals surface area contributed by atoms with E-state index in [1.165, 1.54) is 30.3 Å². The van der Waals surface area contributed by atoms with Crippen LogP contribution < -0.4 is 10.6 Å². The van der Waals surface area contributed by atoms with E-state index in [1.807, 2.05) is 60.7 Å². The van der Waals surface area contributed by atoms with Gasteiger partial charge in [0.25, 0.3) is 11.8 Å². The summed E-state index contributed by atoms with van der Waals surface area (Å²) in [5.74, 6) is -1.38. The average Bonchev–Trinajstić information content (AvgIpc) is 2.77. The van der Waals surface area contributed by atoms with Crippen LogP contribution in [0.15, 0.2) is 90.5 Å². The molecule has 3 aromatic carbocycles. The molecule has 0 atom stereocenters. The van der Waals surface area contributed by atoms with E-state index >= 15 is 0 Å². The standard InChI is InChI=1S/C24H21FN2O2/c25-21-13-11-18(12-14-21)15-22(23(28)26-16-19-7-3-1-4-8-19)24(29)27-17-20-9-5-2-6-10-20/h1-15H,16-17H2,(H,26,28)(H,27,29). The van der Waals surface area contributed by atoms with E-state index < -0.39 is 11.8 Å². The molecule has 3 aromatic rings. The zero-order valence-electron chi connectivity index (χ0n) is 15.8. The number of hydrogen-bond donors (Lipinski definition) is 2. The molecule has 0 fully saturated rings. The molecule has 146 valence electrons. The minimum absolute atomic E-state index is 0.0385. The Morgan fingerprint density at radius 2 is 1.14 bits per heavy atom. The van der Waals surface area contributed by atoms with E-state index in [1.54, 1.807) is 0 Å². The summed E-state index contributed by atoms with van der Waals surface area (Å²) in [6.07, 6.45) is 1.46. The van der Waals surface area contributed by atoms with Crippen LogP contribution in [0.1, 0.15) is 16.7 Å². The van der Waals surface area contributed by atoms with Gasteiger partial charge in [-0.2, -0.15) is 0 Å². The van der Waals surface area contributed by atoms with Crippen LogP contribution in [0.2, 0.25) is 0 Å². The van der Waals surface area contributed by atoms with Gasteiger partial charge in [0.2, 0.25) is 0 Å². The Balaban J connectivity index is 1.75. The van der Waals surface area contributed by atoms with Crippen molar-refractivity contribution in [2.24, 2.45) is 0 Å². The third-order valence-corrected chi connectivity index (χ3v) is 4.26. The molecule has 0 saturated carbocycles. The van der Waals surface area contributed by atoms with Gasteiger partial charge in [0.05, 0.1) is 0 Å². The molecule has 0 spiro atoms. The van der Waals surface area contributed by atoms with Crippen molar-refractivity contribution in [1.29, 1.82) is 0 Å². The summed E-state index contributed by atoms with van der Waals surface area (Å²) < 4.78 is 13.2. The molecule has 0 radical (unpaired) electrons. The molecule has 29 heavy (non-hydrogen) atoms. The molecule has 0 heterocycles. The Kier molecular flexibility index (Phi) is 6.90. The number of carbonyl (C=O) groups is 2. The number of nitrogens with one attached hydrogen (secondary N) is 2. The van der Waals surface area contributed by atoms with Gasteiger partial charge in [-0.1, -0.05) is 72.8 Å². The minimum atomic E-state index is -0.497. The van der Waals surface area contributed by atoms with Crippen molar-refractivity contribution in [3.63, 3.8) is 0 Å². The highest BCUT2D eigenvalue weighted by Crippen LogP contribution is 2.10. The smallest absolute Gasteiger partial charge is 0.257 e. The van der Waals surface area contributed by atoms with Gasteiger partial charge in [-0.25, -0.2) is 4.39 Å². The fourth-order valence-electron chi connectivity index (χ4n) is 2.71. The molecular formula is C24H21FN2O2. The maximum absolute atomic E-state index is 13.2. The summed E-state index contributed by atoms with van der Waals surface area (Å²) in [4.78, 5) is 25.5. The van der Waals surface area contributed by atoms with Crippen LogP contribution in [0.3, 0.4) is 0 Å². The van der Waals surface area contributed by atoms with Gasteiger partial charge in [-0.3, -0.25) is 9.59 Å². The summed E-state index contributed by atoms with van der Waals surface area (Å²) in [5, 5.41) is 5.54. The van der Waals surface area contributed by atoms with Crippen molar-refractivity contribution in [2.45, 2.75) is 13.1 Å². The molecule has 2 amide bonds. The average molecular weight is 388 g/mol. The molecule has 0 saturated heterocycles. The predicted molar refractivity (Wildman–Crippen MR) is 111 cm³/mol. The van der Waals surface area contributed by atoms with E-state index in [2.05, 4.69) is 10.6 Å². The van der Waals surface area contributed by atoms with Crippen LogP contribution in [0.4, 0.5) is 4.39 Å². The molecule has 5 heteroatoms. The summed E-state index contributed by atoms with van der Waals surface area (Å²) >= 11 is 0. The first kappa shape index (κ1) is 20.0. The highest BCUT2D eigenvalue weighted by molar-refractivity contribution is 6.21. The molecule has 0 unspecified atom stereocenters. The number of halogens is 1. The van der Waals surface area contributed by atoms with Crippen LogP contribution in [-0.2, 0) is 22.7 Å². The first-order chi connectivity index (χ1) is 14.1. The van der Waals surface area contributed by atoms with Gasteiger partial charge in [-0.05, 0) is 34.9 Å². The maximum Gasteiger partial charge on any atom is 0.257 e. The number of carbonyl (C=O) groups excluding carboxylic acids is 2. The van der Waals surface area contributed by atoms with Crippen molar-refractivity contribution >= 4 is 17.9 Å². The van der Waals surface area contributed by atoms with Crippen molar-refractivity contribution in [1.82, 2.24) is 10.6 Å². The highest BCUT2D eigenvalue weighted by Gasteiger charge is 2.18. The third-order valence-electron chi connectivity index (χ3n) is 4.26. The second kappa shape index (κ2) is 9.99. The lowest BCUT2D eigenvalue weighted by Gasteiger charge is -2.11. The Bertz CT molecular complexity index is 927. The monoisotopic (exact) mass is 388 g/mol. The Morgan fingerprint density at radius 1 is 0.690 bits per heavy atom. The van der Waals surface area contributed by atoms with Crippen molar-refractivity contribution in [2.75, 3.05) is 0 Å². The molecular weight excluding hydrogens is 367 g/mol. The largest absolute Gasteiger partial charge is 0.348 e. The topological polar surface area (TPSA) is 58.2 Å². The highest BCUT2D eigenvalue weighted by atomic mass is 19.1. The van der Waals surface area contributed by atoms with E-state index in [9.17, 15) is 14.0 Å². The minimum Gasteiger partial charge on any atom is -0.348 e. The lowest BCUT2D eigenvalue weighted by Crippen LogP contribution is -2.34. The number of hydrogen-bond acceptors (Lipinski definition) is 2. The predicted octanol–water partition coefficient (Wildman–Crippen LogP) is 3.84. The van der Waals surface area contributed by atoms with Gasteiger partial charge in [-0.15, -0.1) is 0 Å². The fourth-order valence-corrected chi connectivity index (χ4v) is 2.71. The van der Waals surface area contributed by atoms with Crippen molar-refractivity contribution in [3.8, 4) is 0 Å². The number of benzene rings is 3. The Morgan fingerprint density at radius 3 is 1.59 bits per heavy atom. The van der Waals surface area contributed by atoms with Gasteiger partial charge >= 0.3 is 0 Å². The first-order valence-corrected chi connectivity index (χ1v) is 9.23. The van der Waals surface area contributed by atoms with Gasteiger partial charge in [0.1, 0.15) is 11.4 Å². The second-order valence-electron chi connectivity index (χ2n) is 6.45. The normalized spacial score (nSPS) is 10.1. The third kappa shape index (κ3) is 6.14. The van der Waals surface area contributed by atoms with Crippen LogP contribution >= 0.6 is 0 Å². The Hall–Kier alpha value is -3.73. The lowest BCUT2D eigenvalue weighted by molar-refractivity contribution is -0.123. The van der Waals surface area contributed by atoms with Gasteiger partial charge in [0.15, 0.2) is 0 Å². The Labute approximate surface area is 169 Å². The SMILES string of the molecule is O=C(NCc1ccccc1)C(=Cc1ccc(F)cc1)C(=O)NCc1ccccc1. The zero-order valence-corrected chi connectivity index (χ0v) is 15.8. The zero-order chi connectivity index (χ0) is 20.5. The maximum atomic E-state index is 13.2. The summed E-state index contributed by atoms with van der Waals surface area (Å²) in [6.45, 7) is 0.596. The second-order valence-corrected chi connectivity index (χ2v) is 6.45. The van der Waals surface area contributed by atoms with Crippen LogP contribution in [0.25, 0.3) is 6.08 Å². The molecule has 0 aromatic heterocycles. The molecule has 3 rings (SSSR count). The van der Waals surface area contributed by atoms with E-state index in [0.717, 1.165) is 11.1 Å². The molecule has 2 N–H and O–H groups in total. The van der Waals surface area contributed by atoms with E-state index in [0.29, 0.717) is 18.7 Å². The molecule has 0 aliphatic carbocycles. The van der Waals surface area contributed by atoms with Gasteiger partial charge < -0.3 is 10.6 Å². The molecule has 4 nitrogen and oxygen atoms in total. The van der Waals surface area contributed by atoms with Crippen molar-refractivity contribution < 1.29 is 14.0 Å². The lowest BCUT2D eigenvalue weighted by atomic mass is 10.1.